The Bertz CT molecular complexity index is 314. The summed E-state index contributed by atoms with van der Waals surface area (Å²) in [7, 11) is 1.44. The van der Waals surface area contributed by atoms with Crippen molar-refractivity contribution in [3.63, 3.8) is 0 Å². The van der Waals surface area contributed by atoms with Crippen molar-refractivity contribution in [1.29, 1.82) is 0 Å². The molecule has 0 bridgehead atoms. The quantitative estimate of drug-likeness (QED) is 0.664. The van der Waals surface area contributed by atoms with Crippen molar-refractivity contribution < 1.29 is 24.2 Å². The summed E-state index contributed by atoms with van der Waals surface area (Å²) in [6.07, 6.45) is 0.214. The van der Waals surface area contributed by atoms with E-state index in [0.29, 0.717) is 0 Å². The molecular weight excluding hydrogens is 214 g/mol. The van der Waals surface area contributed by atoms with Gasteiger partial charge in [-0.15, -0.1) is 0 Å². The van der Waals surface area contributed by atoms with Crippen LogP contribution in [0, 0.1) is 5.92 Å². The molecule has 0 radical (unpaired) electrons. The summed E-state index contributed by atoms with van der Waals surface area (Å²) in [5.74, 6) is -2.42. The third-order valence-electron chi connectivity index (χ3n) is 2.60. The average Bonchev–Trinajstić information content (AvgIpc) is 2.44. The smallest absolute Gasteiger partial charge is 0.327 e. The predicted molar refractivity (Wildman–Crippen MR) is 53.6 cm³/mol. The number of carboxylic acids is 1. The van der Waals surface area contributed by atoms with E-state index < -0.39 is 29.7 Å². The second-order valence-corrected chi connectivity index (χ2v) is 3.84. The number of amides is 2. The van der Waals surface area contributed by atoms with Crippen molar-refractivity contribution in [3.8, 4) is 0 Å². The lowest BCUT2D eigenvalue weighted by Gasteiger charge is -2.22. The van der Waals surface area contributed by atoms with Crippen LogP contribution >= 0.6 is 0 Å². The van der Waals surface area contributed by atoms with E-state index in [-0.39, 0.29) is 19.4 Å². The molecule has 6 nitrogen and oxygen atoms in total. The first kappa shape index (κ1) is 12.6. The van der Waals surface area contributed by atoms with Gasteiger partial charge in [-0.3, -0.25) is 14.5 Å². The van der Waals surface area contributed by atoms with E-state index in [9.17, 15) is 14.4 Å². The molecule has 0 spiro atoms. The topological polar surface area (TPSA) is 83.9 Å². The SMILES string of the molecule is COCCC(C(=O)O)N1C(=O)CC(C)C1=O. The van der Waals surface area contributed by atoms with Crippen LogP contribution in [0.25, 0.3) is 0 Å². The lowest BCUT2D eigenvalue weighted by Crippen LogP contribution is -2.45. The van der Waals surface area contributed by atoms with Crippen LogP contribution in [0.2, 0.25) is 0 Å². The molecule has 0 saturated carbocycles. The number of ether oxygens (including phenoxy) is 1. The number of aliphatic carboxylic acids is 1. The van der Waals surface area contributed by atoms with Crippen molar-refractivity contribution in [1.82, 2.24) is 4.90 Å². The van der Waals surface area contributed by atoms with Crippen LogP contribution in [0.15, 0.2) is 0 Å². The highest BCUT2D eigenvalue weighted by atomic mass is 16.5. The van der Waals surface area contributed by atoms with Crippen LogP contribution in [0.1, 0.15) is 19.8 Å². The number of rotatable bonds is 5. The molecule has 1 rings (SSSR count). The van der Waals surface area contributed by atoms with Gasteiger partial charge in [0.25, 0.3) is 0 Å². The number of hydrogen-bond donors (Lipinski definition) is 1. The highest BCUT2D eigenvalue weighted by Gasteiger charge is 2.42. The minimum absolute atomic E-state index is 0.0929. The summed E-state index contributed by atoms with van der Waals surface area (Å²) >= 11 is 0. The number of imide groups is 1. The Kier molecular flexibility index (Phi) is 4.00. The lowest BCUT2D eigenvalue weighted by molar-refractivity contribution is -0.155. The number of likely N-dealkylation sites (tertiary alicyclic amines) is 1. The standard InChI is InChI=1S/C10H15NO5/c1-6-5-8(12)11(9(6)13)7(10(14)15)3-4-16-2/h6-7H,3-5H2,1-2H3,(H,14,15). The minimum atomic E-state index is -1.17. The van der Waals surface area contributed by atoms with E-state index in [2.05, 4.69) is 0 Å². The highest BCUT2D eigenvalue weighted by molar-refractivity contribution is 6.06. The summed E-state index contributed by atoms with van der Waals surface area (Å²) in [4.78, 5) is 35.0. The van der Waals surface area contributed by atoms with Crippen LogP contribution < -0.4 is 0 Å². The molecule has 1 aliphatic rings. The van der Waals surface area contributed by atoms with Gasteiger partial charge in [-0.25, -0.2) is 4.79 Å². The van der Waals surface area contributed by atoms with E-state index >= 15 is 0 Å². The molecule has 0 aromatic rings. The van der Waals surface area contributed by atoms with Crippen molar-refractivity contribution >= 4 is 17.8 Å². The molecule has 2 atom stereocenters. The molecule has 6 heteroatoms. The third-order valence-corrected chi connectivity index (χ3v) is 2.60. The Labute approximate surface area is 93.2 Å². The summed E-state index contributed by atoms with van der Waals surface area (Å²) in [5, 5.41) is 8.98. The van der Waals surface area contributed by atoms with Gasteiger partial charge >= 0.3 is 5.97 Å². The molecule has 90 valence electrons. The van der Waals surface area contributed by atoms with Crippen molar-refractivity contribution in [2.45, 2.75) is 25.8 Å². The molecule has 1 fully saturated rings. The fraction of sp³-hybridized carbons (Fsp3) is 0.700. The molecule has 1 saturated heterocycles. The second kappa shape index (κ2) is 5.07. The van der Waals surface area contributed by atoms with Gasteiger partial charge in [0.1, 0.15) is 6.04 Å². The molecule has 1 aliphatic heterocycles. The van der Waals surface area contributed by atoms with Crippen LogP contribution in [-0.4, -0.2) is 47.5 Å². The van der Waals surface area contributed by atoms with Crippen LogP contribution in [-0.2, 0) is 19.1 Å². The van der Waals surface area contributed by atoms with Gasteiger partial charge in [-0.05, 0) is 0 Å². The molecule has 0 aromatic heterocycles. The second-order valence-electron chi connectivity index (χ2n) is 3.84. The Morgan fingerprint density at radius 3 is 2.62 bits per heavy atom. The number of carbonyl (C=O) groups is 3. The molecule has 1 N–H and O–H groups in total. The van der Waals surface area contributed by atoms with Crippen molar-refractivity contribution in [3.05, 3.63) is 0 Å². The minimum Gasteiger partial charge on any atom is -0.480 e. The van der Waals surface area contributed by atoms with E-state index in [0.717, 1.165) is 4.90 Å². The Balaban J connectivity index is 2.81. The van der Waals surface area contributed by atoms with Crippen LogP contribution in [0.4, 0.5) is 0 Å². The van der Waals surface area contributed by atoms with Gasteiger partial charge in [0.15, 0.2) is 0 Å². The van der Waals surface area contributed by atoms with Crippen LogP contribution in [0.5, 0.6) is 0 Å². The largest absolute Gasteiger partial charge is 0.480 e. The Hall–Kier alpha value is -1.43. The molecule has 0 aromatic carbocycles. The summed E-state index contributed by atoms with van der Waals surface area (Å²) < 4.78 is 4.77. The zero-order chi connectivity index (χ0) is 12.3. The van der Waals surface area contributed by atoms with Gasteiger partial charge in [0, 0.05) is 32.5 Å². The van der Waals surface area contributed by atoms with Crippen molar-refractivity contribution in [2.24, 2.45) is 5.92 Å². The number of hydrogen-bond acceptors (Lipinski definition) is 4. The first-order chi connectivity index (χ1) is 7.49. The Morgan fingerprint density at radius 1 is 1.62 bits per heavy atom. The molecule has 0 aliphatic carbocycles. The first-order valence-electron chi connectivity index (χ1n) is 5.06. The number of carboxylic acid groups (broad SMARTS) is 1. The molecular formula is C10H15NO5. The van der Waals surface area contributed by atoms with E-state index in [1.54, 1.807) is 6.92 Å². The number of methoxy groups -OCH3 is 1. The molecule has 1 heterocycles. The third kappa shape index (κ3) is 2.38. The summed E-state index contributed by atoms with van der Waals surface area (Å²) in [5.41, 5.74) is 0. The van der Waals surface area contributed by atoms with Gasteiger partial charge in [0.05, 0.1) is 0 Å². The fourth-order valence-corrected chi connectivity index (χ4v) is 1.73. The van der Waals surface area contributed by atoms with E-state index in [4.69, 9.17) is 9.84 Å². The van der Waals surface area contributed by atoms with Gasteiger partial charge in [-0.1, -0.05) is 6.92 Å². The molecule has 2 amide bonds. The summed E-state index contributed by atoms with van der Waals surface area (Å²) in [6.45, 7) is 1.82. The normalized spacial score (nSPS) is 22.6. The van der Waals surface area contributed by atoms with E-state index in [1.807, 2.05) is 0 Å². The molecule has 16 heavy (non-hydrogen) atoms. The number of nitrogens with zero attached hydrogens (tertiary/aromatic N) is 1. The number of carbonyl (C=O) groups excluding carboxylic acids is 2. The zero-order valence-electron chi connectivity index (χ0n) is 9.30. The maximum atomic E-state index is 11.6. The van der Waals surface area contributed by atoms with Gasteiger partial charge in [0.2, 0.25) is 11.8 Å². The van der Waals surface area contributed by atoms with Gasteiger partial charge in [-0.2, -0.15) is 0 Å². The monoisotopic (exact) mass is 229 g/mol. The zero-order valence-corrected chi connectivity index (χ0v) is 9.30. The lowest BCUT2D eigenvalue weighted by atomic mass is 10.1. The predicted octanol–water partition coefficient (Wildman–Crippen LogP) is -0.129. The van der Waals surface area contributed by atoms with E-state index in [1.165, 1.54) is 7.11 Å². The Morgan fingerprint density at radius 2 is 2.25 bits per heavy atom. The van der Waals surface area contributed by atoms with Crippen molar-refractivity contribution in [2.75, 3.05) is 13.7 Å². The fourth-order valence-electron chi connectivity index (χ4n) is 1.73. The maximum Gasteiger partial charge on any atom is 0.327 e. The molecule has 2 unspecified atom stereocenters. The van der Waals surface area contributed by atoms with Gasteiger partial charge < -0.3 is 9.84 Å². The highest BCUT2D eigenvalue weighted by Crippen LogP contribution is 2.22. The maximum absolute atomic E-state index is 11.6. The summed E-state index contributed by atoms with van der Waals surface area (Å²) in [6, 6.07) is -1.11. The van der Waals surface area contributed by atoms with Crippen LogP contribution in [0.3, 0.4) is 0 Å². The first-order valence-corrected chi connectivity index (χ1v) is 5.06. The average molecular weight is 229 g/mol.